The Kier molecular flexibility index (Phi) is 10.9. The lowest BCUT2D eigenvalue weighted by atomic mass is 9.87. The maximum Gasteiger partial charge on any atom is 0.0546 e. The first-order chi connectivity index (χ1) is 35.7. The quantitative estimate of drug-likeness (QED) is 0.133. The lowest BCUT2D eigenvalue weighted by Crippen LogP contribution is -2.12. The predicted molar refractivity (Wildman–Crippen MR) is 306 cm³/mol. The van der Waals surface area contributed by atoms with E-state index in [2.05, 4.69) is 301 Å². The summed E-state index contributed by atoms with van der Waals surface area (Å²) in [6.07, 6.45) is 0. The molecular formula is C70H48N2. The average molecular weight is 917 g/mol. The maximum absolute atomic E-state index is 2.44. The van der Waals surface area contributed by atoms with E-state index < -0.39 is 0 Å². The second kappa shape index (κ2) is 18.4. The van der Waals surface area contributed by atoms with Crippen LogP contribution in [0.15, 0.2) is 291 Å². The third-order valence-electron chi connectivity index (χ3n) is 14.2. The SMILES string of the molecule is c1ccc(-c2ccccc2-c2c(-c3ccccc3)cccc2N(c2ccc(-c3ccc(-c4cccc5ccccc45)cc3)cc2)c2ccc(-c3ccc4c(c3)c3ccccc3n4-c3ccccc3)cc2)cc1. The van der Waals surface area contributed by atoms with Gasteiger partial charge in [0.25, 0.3) is 0 Å². The summed E-state index contributed by atoms with van der Waals surface area (Å²) in [6.45, 7) is 0. The van der Waals surface area contributed by atoms with Gasteiger partial charge in [0.2, 0.25) is 0 Å². The van der Waals surface area contributed by atoms with Crippen molar-refractivity contribution < 1.29 is 0 Å². The van der Waals surface area contributed by atoms with E-state index in [0.29, 0.717) is 0 Å². The van der Waals surface area contributed by atoms with Crippen molar-refractivity contribution in [3.8, 4) is 72.4 Å². The van der Waals surface area contributed by atoms with Gasteiger partial charge in [-0.25, -0.2) is 0 Å². The van der Waals surface area contributed by atoms with Crippen LogP contribution in [-0.2, 0) is 0 Å². The van der Waals surface area contributed by atoms with E-state index in [-0.39, 0.29) is 0 Å². The van der Waals surface area contributed by atoms with Gasteiger partial charge in [0, 0.05) is 33.4 Å². The summed E-state index contributed by atoms with van der Waals surface area (Å²) in [6, 6.07) is 106. The largest absolute Gasteiger partial charge is 0.310 e. The smallest absolute Gasteiger partial charge is 0.0546 e. The van der Waals surface area contributed by atoms with Gasteiger partial charge in [-0.1, -0.05) is 231 Å². The zero-order valence-corrected chi connectivity index (χ0v) is 39.6. The van der Waals surface area contributed by atoms with Crippen molar-refractivity contribution in [3.05, 3.63) is 291 Å². The molecule has 0 aliphatic carbocycles. The predicted octanol–water partition coefficient (Wildman–Crippen LogP) is 19.4. The Morgan fingerprint density at radius 1 is 0.250 bits per heavy atom. The monoisotopic (exact) mass is 916 g/mol. The number of nitrogens with zero attached hydrogens (tertiary/aromatic N) is 2. The second-order valence-electron chi connectivity index (χ2n) is 18.4. The molecule has 0 N–H and O–H groups in total. The maximum atomic E-state index is 2.44. The number of hydrogen-bond donors (Lipinski definition) is 0. The zero-order valence-electron chi connectivity index (χ0n) is 39.6. The summed E-state index contributed by atoms with van der Waals surface area (Å²) in [4.78, 5) is 2.44. The lowest BCUT2D eigenvalue weighted by Gasteiger charge is -2.30. The number of hydrogen-bond acceptors (Lipinski definition) is 1. The Balaban J connectivity index is 0.949. The van der Waals surface area contributed by atoms with Crippen molar-refractivity contribution in [2.24, 2.45) is 0 Å². The van der Waals surface area contributed by atoms with Crippen molar-refractivity contribution in [1.82, 2.24) is 4.57 Å². The number of rotatable bonds is 10. The molecule has 0 amide bonds. The van der Waals surface area contributed by atoms with Crippen LogP contribution in [0, 0.1) is 0 Å². The van der Waals surface area contributed by atoms with E-state index in [1.54, 1.807) is 0 Å². The molecule has 338 valence electrons. The summed E-state index contributed by atoms with van der Waals surface area (Å²) < 4.78 is 2.37. The minimum atomic E-state index is 1.07. The molecule has 0 aliphatic heterocycles. The number of benzene rings is 12. The molecule has 0 aliphatic rings. The van der Waals surface area contributed by atoms with Gasteiger partial charge in [-0.3, -0.25) is 0 Å². The lowest BCUT2D eigenvalue weighted by molar-refractivity contribution is 1.18. The molecule has 2 heteroatoms. The van der Waals surface area contributed by atoms with Gasteiger partial charge in [-0.05, 0) is 133 Å². The van der Waals surface area contributed by atoms with Gasteiger partial charge < -0.3 is 9.47 Å². The van der Waals surface area contributed by atoms with Crippen LogP contribution in [0.5, 0.6) is 0 Å². The Morgan fingerprint density at radius 2 is 0.694 bits per heavy atom. The summed E-state index contributed by atoms with van der Waals surface area (Å²) >= 11 is 0. The van der Waals surface area contributed by atoms with Crippen molar-refractivity contribution in [2.45, 2.75) is 0 Å². The van der Waals surface area contributed by atoms with E-state index >= 15 is 0 Å². The van der Waals surface area contributed by atoms with Crippen LogP contribution in [0.25, 0.3) is 105 Å². The molecular weight excluding hydrogens is 869 g/mol. The molecule has 1 heterocycles. The van der Waals surface area contributed by atoms with Crippen molar-refractivity contribution in [3.63, 3.8) is 0 Å². The summed E-state index contributed by atoms with van der Waals surface area (Å²) in [5, 5.41) is 4.99. The van der Waals surface area contributed by atoms with E-state index in [9.17, 15) is 0 Å². The van der Waals surface area contributed by atoms with Crippen molar-refractivity contribution in [2.75, 3.05) is 4.90 Å². The van der Waals surface area contributed by atoms with Crippen molar-refractivity contribution >= 4 is 49.6 Å². The van der Waals surface area contributed by atoms with Crippen LogP contribution in [0.3, 0.4) is 0 Å². The molecule has 13 rings (SSSR count). The molecule has 0 saturated heterocycles. The highest BCUT2D eigenvalue weighted by Crippen LogP contribution is 2.48. The average Bonchev–Trinajstić information content (AvgIpc) is 3.80. The fraction of sp³-hybridized carbons (Fsp3) is 0. The third kappa shape index (κ3) is 7.73. The fourth-order valence-corrected chi connectivity index (χ4v) is 10.8. The summed E-state index contributed by atoms with van der Waals surface area (Å²) in [5.74, 6) is 0. The molecule has 2 nitrogen and oxygen atoms in total. The van der Waals surface area contributed by atoms with Crippen LogP contribution >= 0.6 is 0 Å². The summed E-state index contributed by atoms with van der Waals surface area (Å²) in [7, 11) is 0. The van der Waals surface area contributed by atoms with Crippen LogP contribution in [-0.4, -0.2) is 4.57 Å². The van der Waals surface area contributed by atoms with E-state index in [0.717, 1.165) is 33.9 Å². The molecule has 0 fully saturated rings. The first-order valence-corrected chi connectivity index (χ1v) is 24.7. The third-order valence-corrected chi connectivity index (χ3v) is 14.2. The van der Waals surface area contributed by atoms with Crippen LogP contribution in [0.4, 0.5) is 17.1 Å². The number of aromatic nitrogens is 1. The van der Waals surface area contributed by atoms with Gasteiger partial charge >= 0.3 is 0 Å². The molecule has 0 bridgehead atoms. The molecule has 0 atom stereocenters. The van der Waals surface area contributed by atoms with E-state index in [1.807, 2.05) is 0 Å². The van der Waals surface area contributed by atoms with Gasteiger partial charge in [0.15, 0.2) is 0 Å². The van der Waals surface area contributed by atoms with Crippen molar-refractivity contribution in [1.29, 1.82) is 0 Å². The Bertz CT molecular complexity index is 4040. The zero-order chi connectivity index (χ0) is 47.8. The van der Waals surface area contributed by atoms with E-state index in [4.69, 9.17) is 0 Å². The van der Waals surface area contributed by atoms with Crippen LogP contribution in [0.2, 0.25) is 0 Å². The topological polar surface area (TPSA) is 8.17 Å². The fourth-order valence-electron chi connectivity index (χ4n) is 10.8. The standard InChI is InChI=1S/C70H48N2/c1-4-18-52(19-5-1)62-27-12-13-29-65(62)70-63(54-20-6-2-7-21-54)31-17-33-69(70)71(58-43-38-50(39-44-58)49-34-36-55(37-35-49)61-30-16-23-53-22-10-11-26-60(53)61)59-45-40-51(41-46-59)56-42-47-68-66(48-56)64-28-14-15-32-67(64)72(68)57-24-8-3-9-25-57/h1-48H. The molecule has 1 aromatic heterocycles. The van der Waals surface area contributed by atoms with Crippen LogP contribution < -0.4 is 4.90 Å². The molecule has 0 saturated carbocycles. The molecule has 13 aromatic rings. The first kappa shape index (κ1) is 42.6. The van der Waals surface area contributed by atoms with E-state index in [1.165, 1.54) is 88.2 Å². The Hall–Kier alpha value is -9.50. The van der Waals surface area contributed by atoms with Gasteiger partial charge in [-0.2, -0.15) is 0 Å². The first-order valence-electron chi connectivity index (χ1n) is 24.7. The Morgan fingerprint density at radius 3 is 1.39 bits per heavy atom. The van der Waals surface area contributed by atoms with Gasteiger partial charge in [-0.15, -0.1) is 0 Å². The van der Waals surface area contributed by atoms with Gasteiger partial charge in [0.1, 0.15) is 0 Å². The highest BCUT2D eigenvalue weighted by molar-refractivity contribution is 6.10. The molecule has 0 spiro atoms. The normalized spacial score (nSPS) is 11.3. The number of fused-ring (bicyclic) bond motifs is 4. The number of para-hydroxylation sites is 2. The number of anilines is 3. The summed E-state index contributed by atoms with van der Waals surface area (Å²) in [5.41, 5.74) is 20.9. The highest BCUT2D eigenvalue weighted by Gasteiger charge is 2.23. The molecule has 72 heavy (non-hydrogen) atoms. The minimum Gasteiger partial charge on any atom is -0.310 e. The molecule has 0 radical (unpaired) electrons. The van der Waals surface area contributed by atoms with Crippen LogP contribution in [0.1, 0.15) is 0 Å². The molecule has 12 aromatic carbocycles. The molecule has 0 unspecified atom stereocenters. The minimum absolute atomic E-state index is 1.07. The Labute approximate surface area is 420 Å². The van der Waals surface area contributed by atoms with Gasteiger partial charge in [0.05, 0.1) is 16.7 Å². The highest BCUT2D eigenvalue weighted by atomic mass is 15.1. The second-order valence-corrected chi connectivity index (χ2v) is 18.4.